The molecule has 0 radical (unpaired) electrons. The Balaban J connectivity index is 1.16. The maximum atomic E-state index is 14.0. The summed E-state index contributed by atoms with van der Waals surface area (Å²) in [6.07, 6.45) is 1.75. The molecular formula is C44H41N5O7. The zero-order valence-electron chi connectivity index (χ0n) is 31.8. The monoisotopic (exact) mass is 751 g/mol. The number of cyclic esters (lactones) is 1. The van der Waals surface area contributed by atoms with Gasteiger partial charge in [-0.2, -0.15) is 0 Å². The summed E-state index contributed by atoms with van der Waals surface area (Å²) in [6, 6.07) is 24.7. The van der Waals surface area contributed by atoms with E-state index in [2.05, 4.69) is 5.32 Å². The van der Waals surface area contributed by atoms with Gasteiger partial charge >= 0.3 is 18.0 Å². The van der Waals surface area contributed by atoms with E-state index in [-0.39, 0.29) is 43.1 Å². The molecule has 12 heteroatoms. The molecule has 8 rings (SSSR count). The quantitative estimate of drug-likeness (QED) is 0.135. The molecule has 2 amide bonds. The van der Waals surface area contributed by atoms with Crippen molar-refractivity contribution in [2.75, 3.05) is 4.90 Å². The number of urea groups is 1. The van der Waals surface area contributed by atoms with Crippen LogP contribution in [0, 0.1) is 0 Å². The first-order valence-electron chi connectivity index (χ1n) is 18.6. The standard InChI is InChI=1S/C44H41N5O7/c1-6-44(54)21-36(50)55-24-32-33(44)20-35-39-31(23-48(35)40(32)51)30(29-14-10-11-15-34(29)46-39)22-45-27-18-16-26(17-19-27)38-37(41(52)56-43(3,4)5)25(2)49(42(53)47-38)28-12-8-7-9-13-28/h7-20,22,38,54H,6,21,23-24H2,1-5H3,(H,47,53). The van der Waals surface area contributed by atoms with Crippen molar-refractivity contribution in [3.05, 3.63) is 134 Å². The fraction of sp³-hybridized carbons (Fsp3) is 0.273. The van der Waals surface area contributed by atoms with Gasteiger partial charge in [0.1, 0.15) is 17.8 Å². The molecule has 2 atom stereocenters. The van der Waals surface area contributed by atoms with Gasteiger partial charge in [0.05, 0.1) is 58.4 Å². The van der Waals surface area contributed by atoms with Crippen molar-refractivity contribution in [1.82, 2.24) is 14.9 Å². The molecule has 3 aliphatic heterocycles. The summed E-state index contributed by atoms with van der Waals surface area (Å²) in [6.45, 7) is 8.93. The molecule has 0 fully saturated rings. The molecule has 5 heterocycles. The lowest BCUT2D eigenvalue weighted by molar-refractivity contribution is -0.151. The number of benzene rings is 3. The number of fused-ring (bicyclic) bond motifs is 5. The number of amides is 2. The molecule has 56 heavy (non-hydrogen) atoms. The normalized spacial score (nSPS) is 19.3. The third kappa shape index (κ3) is 6.35. The number of aliphatic hydroxyl groups is 1. The molecule has 2 aromatic heterocycles. The first-order valence-corrected chi connectivity index (χ1v) is 18.6. The third-order valence-corrected chi connectivity index (χ3v) is 10.6. The van der Waals surface area contributed by atoms with Crippen molar-refractivity contribution < 1.29 is 29.0 Å². The Morgan fingerprint density at radius 2 is 1.75 bits per heavy atom. The lowest BCUT2D eigenvalue weighted by Gasteiger charge is -2.36. The summed E-state index contributed by atoms with van der Waals surface area (Å²) in [7, 11) is 0. The molecule has 5 aromatic rings. The van der Waals surface area contributed by atoms with Crippen molar-refractivity contribution in [3.63, 3.8) is 0 Å². The SMILES string of the molecule is CCC1(O)CC(=O)OCc2c1cc1n(c2=O)Cc2c-1nc1ccccc1c2C=Nc1ccc(C2NC(=O)N(c3ccccc3)C(C)=C2C(=O)OC(C)(C)C)cc1. The zero-order valence-corrected chi connectivity index (χ0v) is 31.8. The minimum atomic E-state index is -1.54. The van der Waals surface area contributed by atoms with Gasteiger partial charge in [-0.1, -0.05) is 55.5 Å². The molecule has 12 nitrogen and oxygen atoms in total. The highest BCUT2D eigenvalue weighted by Crippen LogP contribution is 2.41. The largest absolute Gasteiger partial charge is 0.460 e. The second kappa shape index (κ2) is 13.7. The number of para-hydroxylation sites is 2. The molecule has 3 aliphatic rings. The van der Waals surface area contributed by atoms with Crippen molar-refractivity contribution >= 4 is 46.5 Å². The van der Waals surface area contributed by atoms with Crippen molar-refractivity contribution in [1.29, 1.82) is 0 Å². The summed E-state index contributed by atoms with van der Waals surface area (Å²) in [5.74, 6) is -1.09. The van der Waals surface area contributed by atoms with Gasteiger partial charge in [0.25, 0.3) is 5.56 Å². The average molecular weight is 752 g/mol. The Morgan fingerprint density at radius 3 is 2.46 bits per heavy atom. The van der Waals surface area contributed by atoms with E-state index in [9.17, 15) is 24.3 Å². The van der Waals surface area contributed by atoms with Crippen LogP contribution in [-0.4, -0.2) is 44.4 Å². The number of rotatable bonds is 6. The number of nitrogens with zero attached hydrogens (tertiary/aromatic N) is 4. The number of nitrogens with one attached hydrogen (secondary N) is 1. The maximum absolute atomic E-state index is 14.0. The molecule has 0 bridgehead atoms. The highest BCUT2D eigenvalue weighted by atomic mass is 16.6. The van der Waals surface area contributed by atoms with E-state index in [1.165, 1.54) is 4.90 Å². The Kier molecular flexibility index (Phi) is 8.96. The summed E-state index contributed by atoms with van der Waals surface area (Å²) in [5, 5.41) is 15.4. The Hall–Kier alpha value is -6.40. The first-order chi connectivity index (χ1) is 26.8. The van der Waals surface area contributed by atoms with E-state index < -0.39 is 29.2 Å². The van der Waals surface area contributed by atoms with Crippen LogP contribution in [0.4, 0.5) is 16.2 Å². The number of carbonyl (C=O) groups is 3. The van der Waals surface area contributed by atoms with Crippen LogP contribution in [-0.2, 0) is 37.8 Å². The van der Waals surface area contributed by atoms with Gasteiger partial charge < -0.3 is 24.5 Å². The predicted molar refractivity (Wildman–Crippen MR) is 212 cm³/mol. The molecule has 0 saturated carbocycles. The number of hydrogen-bond donors (Lipinski definition) is 2. The van der Waals surface area contributed by atoms with E-state index >= 15 is 0 Å². The second-order valence-electron chi connectivity index (χ2n) is 15.3. The van der Waals surface area contributed by atoms with Gasteiger partial charge in [-0.3, -0.25) is 19.5 Å². The van der Waals surface area contributed by atoms with Gasteiger partial charge in [-0.25, -0.2) is 14.6 Å². The van der Waals surface area contributed by atoms with Crippen LogP contribution in [0.25, 0.3) is 22.3 Å². The Morgan fingerprint density at radius 1 is 1.04 bits per heavy atom. The van der Waals surface area contributed by atoms with E-state index in [1.807, 2.05) is 66.7 Å². The minimum Gasteiger partial charge on any atom is -0.460 e. The lowest BCUT2D eigenvalue weighted by atomic mass is 9.85. The number of allylic oxidation sites excluding steroid dienone is 1. The van der Waals surface area contributed by atoms with E-state index in [1.54, 1.807) is 63.6 Å². The van der Waals surface area contributed by atoms with Crippen molar-refractivity contribution in [2.45, 2.75) is 77.9 Å². The van der Waals surface area contributed by atoms with E-state index in [0.717, 1.165) is 16.5 Å². The van der Waals surface area contributed by atoms with Crippen LogP contribution in [0.5, 0.6) is 0 Å². The molecule has 0 spiro atoms. The topological polar surface area (TPSA) is 152 Å². The number of hydrogen-bond acceptors (Lipinski definition) is 9. The van der Waals surface area contributed by atoms with Crippen LogP contribution in [0.15, 0.2) is 106 Å². The highest BCUT2D eigenvalue weighted by molar-refractivity contribution is 6.04. The smallest absolute Gasteiger partial charge is 0.338 e. The Labute approximate surface area is 323 Å². The second-order valence-corrected chi connectivity index (χ2v) is 15.3. The number of pyridine rings is 2. The highest BCUT2D eigenvalue weighted by Gasteiger charge is 2.41. The first kappa shape index (κ1) is 36.6. The minimum absolute atomic E-state index is 0.212. The number of anilines is 1. The summed E-state index contributed by atoms with van der Waals surface area (Å²) >= 11 is 0. The van der Waals surface area contributed by atoms with Gasteiger partial charge in [-0.15, -0.1) is 0 Å². The molecule has 284 valence electrons. The van der Waals surface area contributed by atoms with Crippen LogP contribution in [0.3, 0.4) is 0 Å². The zero-order chi connectivity index (χ0) is 39.5. The van der Waals surface area contributed by atoms with E-state index in [4.69, 9.17) is 19.5 Å². The molecule has 2 N–H and O–H groups in total. The molecule has 0 aliphatic carbocycles. The molecule has 0 saturated heterocycles. The van der Waals surface area contributed by atoms with Crippen LogP contribution >= 0.6 is 0 Å². The maximum Gasteiger partial charge on any atom is 0.338 e. The fourth-order valence-electron chi connectivity index (χ4n) is 7.78. The molecule has 3 aromatic carbocycles. The number of aromatic nitrogens is 2. The number of aliphatic imine (C=N–C) groups is 1. The number of carbonyl (C=O) groups excluding carboxylic acids is 3. The summed E-state index contributed by atoms with van der Waals surface area (Å²) < 4.78 is 12.8. The predicted octanol–water partition coefficient (Wildman–Crippen LogP) is 7.11. The Bertz CT molecular complexity index is 2570. The fourth-order valence-corrected chi connectivity index (χ4v) is 7.78. The van der Waals surface area contributed by atoms with Gasteiger partial charge in [-0.05, 0) is 81.6 Å². The van der Waals surface area contributed by atoms with Crippen LogP contribution in [0.2, 0.25) is 0 Å². The lowest BCUT2D eigenvalue weighted by Crippen LogP contribution is -2.48. The summed E-state index contributed by atoms with van der Waals surface area (Å²) in [5.41, 5.74) is 4.17. The van der Waals surface area contributed by atoms with Gasteiger partial charge in [0, 0.05) is 28.4 Å². The number of ether oxygens (including phenoxy) is 2. The average Bonchev–Trinajstić information content (AvgIpc) is 3.47. The van der Waals surface area contributed by atoms with Gasteiger partial charge in [0.15, 0.2) is 0 Å². The summed E-state index contributed by atoms with van der Waals surface area (Å²) in [4.78, 5) is 65.0. The van der Waals surface area contributed by atoms with Crippen molar-refractivity contribution in [3.8, 4) is 11.4 Å². The molecular weight excluding hydrogens is 711 g/mol. The van der Waals surface area contributed by atoms with Gasteiger partial charge in [0.2, 0.25) is 0 Å². The van der Waals surface area contributed by atoms with Crippen LogP contribution < -0.4 is 15.8 Å². The molecule has 2 unspecified atom stereocenters. The third-order valence-electron chi connectivity index (χ3n) is 10.6. The number of esters is 2. The van der Waals surface area contributed by atoms with E-state index in [0.29, 0.717) is 50.7 Å². The van der Waals surface area contributed by atoms with Crippen LogP contribution in [0.1, 0.15) is 81.3 Å². The van der Waals surface area contributed by atoms with Crippen molar-refractivity contribution in [2.24, 2.45) is 4.99 Å².